The van der Waals surface area contributed by atoms with E-state index in [0.717, 1.165) is 0 Å². The van der Waals surface area contributed by atoms with E-state index < -0.39 is 5.56 Å². The Morgan fingerprint density at radius 1 is 1.03 bits per heavy atom. The van der Waals surface area contributed by atoms with Gasteiger partial charge in [-0.25, -0.2) is 9.67 Å². The number of hydrogen-bond donors (Lipinski definition) is 1. The van der Waals surface area contributed by atoms with Crippen molar-refractivity contribution in [2.75, 3.05) is 7.11 Å². The summed E-state index contributed by atoms with van der Waals surface area (Å²) in [5.74, 6) is 0.722. The number of benzene rings is 2. The van der Waals surface area contributed by atoms with Crippen molar-refractivity contribution in [2.24, 2.45) is 12.0 Å². The topological polar surface area (TPSA) is 104 Å². The predicted molar refractivity (Wildman–Crippen MR) is 137 cm³/mol. The first-order chi connectivity index (χ1) is 17.4. The minimum absolute atomic E-state index is 0.0246. The van der Waals surface area contributed by atoms with E-state index in [1.54, 1.807) is 49.0 Å². The average Bonchev–Trinajstić information content (AvgIpc) is 3.48. The Hall–Kier alpha value is -4.79. The Kier molecular flexibility index (Phi) is 5.81. The van der Waals surface area contributed by atoms with E-state index in [-0.39, 0.29) is 23.7 Å². The fraction of sp³-hybridized carbons (Fsp3) is 0.148. The molecule has 0 aliphatic heterocycles. The van der Waals surface area contributed by atoms with Crippen molar-refractivity contribution in [1.29, 1.82) is 0 Å². The summed E-state index contributed by atoms with van der Waals surface area (Å²) in [6, 6.07) is 17.7. The molecule has 0 radical (unpaired) electrons. The average molecular weight is 485 g/mol. The van der Waals surface area contributed by atoms with Gasteiger partial charge in [0.05, 0.1) is 42.2 Å². The molecule has 3 aromatic heterocycles. The van der Waals surface area contributed by atoms with Crippen LogP contribution < -0.4 is 15.9 Å². The van der Waals surface area contributed by atoms with E-state index in [9.17, 15) is 14.7 Å². The van der Waals surface area contributed by atoms with Crippen molar-refractivity contribution in [3.63, 3.8) is 0 Å². The Labute approximate surface area is 205 Å². The molecule has 1 N–H and O–H groups in total. The zero-order valence-corrected chi connectivity index (χ0v) is 20.0. The van der Waals surface area contributed by atoms with Crippen LogP contribution >= 0.6 is 0 Å². The SMILES string of the molecule is COc1ccc2c(C=Nc3c(C)n(C)n(-c4ccccc4)c3=O)c(O)n(Cc3ccco3)c(=O)c2c1. The lowest BCUT2D eigenvalue weighted by atomic mass is 10.1. The maximum atomic E-state index is 13.3. The number of pyridine rings is 1. The van der Waals surface area contributed by atoms with Crippen LogP contribution in [0.5, 0.6) is 11.6 Å². The number of ether oxygens (including phenoxy) is 1. The third kappa shape index (κ3) is 3.80. The summed E-state index contributed by atoms with van der Waals surface area (Å²) >= 11 is 0. The van der Waals surface area contributed by atoms with Crippen molar-refractivity contribution in [3.05, 3.63) is 105 Å². The van der Waals surface area contributed by atoms with Gasteiger partial charge in [0, 0.05) is 18.6 Å². The second-order valence-electron chi connectivity index (χ2n) is 8.29. The van der Waals surface area contributed by atoms with Gasteiger partial charge in [-0.1, -0.05) is 18.2 Å². The van der Waals surface area contributed by atoms with Gasteiger partial charge in [0.2, 0.25) is 5.88 Å². The number of furan rings is 1. The van der Waals surface area contributed by atoms with Gasteiger partial charge in [-0.05, 0) is 49.4 Å². The third-order valence-corrected chi connectivity index (χ3v) is 6.23. The quantitative estimate of drug-likeness (QED) is 0.368. The molecule has 0 fully saturated rings. The molecule has 0 bridgehead atoms. The van der Waals surface area contributed by atoms with E-state index in [1.807, 2.05) is 30.3 Å². The van der Waals surface area contributed by atoms with E-state index >= 15 is 0 Å². The summed E-state index contributed by atoms with van der Waals surface area (Å²) in [7, 11) is 3.30. The highest BCUT2D eigenvalue weighted by molar-refractivity contribution is 6.02. The summed E-state index contributed by atoms with van der Waals surface area (Å²) in [5.41, 5.74) is 1.18. The number of hydrogen-bond acceptors (Lipinski definition) is 6. The minimum atomic E-state index is -0.405. The molecule has 0 atom stereocenters. The maximum absolute atomic E-state index is 13.3. The standard InChI is InChI=1S/C27H24N4O5/c1-17-24(27(34)31(29(17)2)18-8-5-4-6-9-18)28-15-23-21-12-11-19(35-3)14-22(21)25(32)30(26(23)33)16-20-10-7-13-36-20/h4-15,33H,16H2,1-3H3. The number of aromatic hydroxyl groups is 1. The predicted octanol–water partition coefficient (Wildman–Crippen LogP) is 3.91. The summed E-state index contributed by atoms with van der Waals surface area (Å²) in [6.07, 6.45) is 2.92. The van der Waals surface area contributed by atoms with E-state index in [2.05, 4.69) is 4.99 Å². The summed E-state index contributed by atoms with van der Waals surface area (Å²) < 4.78 is 15.2. The molecule has 0 saturated heterocycles. The van der Waals surface area contributed by atoms with Gasteiger partial charge in [0.1, 0.15) is 11.5 Å². The van der Waals surface area contributed by atoms with Crippen LogP contribution in [0.4, 0.5) is 5.69 Å². The Bertz CT molecular complexity index is 1710. The van der Waals surface area contributed by atoms with E-state index in [1.165, 1.54) is 28.8 Å². The van der Waals surface area contributed by atoms with Gasteiger partial charge in [-0.2, -0.15) is 0 Å². The number of aliphatic imine (C=N–C) groups is 1. The molecule has 5 aromatic rings. The van der Waals surface area contributed by atoms with Crippen LogP contribution in [0.2, 0.25) is 0 Å². The molecule has 0 saturated carbocycles. The lowest BCUT2D eigenvalue weighted by Crippen LogP contribution is -2.22. The first-order valence-corrected chi connectivity index (χ1v) is 11.2. The number of rotatable bonds is 6. The number of fused-ring (bicyclic) bond motifs is 1. The molecule has 0 amide bonds. The number of para-hydroxylation sites is 1. The highest BCUT2D eigenvalue weighted by Crippen LogP contribution is 2.28. The van der Waals surface area contributed by atoms with Crippen LogP contribution in [0.25, 0.3) is 16.5 Å². The van der Waals surface area contributed by atoms with E-state index in [4.69, 9.17) is 9.15 Å². The lowest BCUT2D eigenvalue weighted by Gasteiger charge is -2.13. The van der Waals surface area contributed by atoms with Crippen LogP contribution in [-0.2, 0) is 13.6 Å². The second kappa shape index (κ2) is 9.10. The van der Waals surface area contributed by atoms with E-state index in [0.29, 0.717) is 39.2 Å². The zero-order valence-electron chi connectivity index (χ0n) is 20.0. The molecule has 9 heteroatoms. The molecule has 182 valence electrons. The molecule has 0 spiro atoms. The largest absolute Gasteiger partial charge is 0.497 e. The van der Waals surface area contributed by atoms with Crippen LogP contribution in [-0.4, -0.2) is 32.4 Å². The maximum Gasteiger partial charge on any atom is 0.297 e. The second-order valence-corrected chi connectivity index (χ2v) is 8.29. The molecule has 2 aromatic carbocycles. The smallest absolute Gasteiger partial charge is 0.297 e. The number of nitrogens with zero attached hydrogens (tertiary/aromatic N) is 4. The van der Waals surface area contributed by atoms with Crippen molar-refractivity contribution < 1.29 is 14.3 Å². The summed E-state index contributed by atoms with van der Waals surface area (Å²) in [6.45, 7) is 1.82. The Morgan fingerprint density at radius 3 is 2.50 bits per heavy atom. The van der Waals surface area contributed by atoms with Gasteiger partial charge in [0.15, 0.2) is 5.69 Å². The van der Waals surface area contributed by atoms with Crippen LogP contribution in [0.1, 0.15) is 17.0 Å². The van der Waals surface area contributed by atoms with Crippen LogP contribution in [0.3, 0.4) is 0 Å². The fourth-order valence-electron chi connectivity index (χ4n) is 4.23. The monoisotopic (exact) mass is 484 g/mol. The first kappa shape index (κ1) is 23.0. The molecule has 0 aliphatic rings. The molecular formula is C27H24N4O5. The molecule has 36 heavy (non-hydrogen) atoms. The van der Waals surface area contributed by atoms with Crippen molar-refractivity contribution in [1.82, 2.24) is 13.9 Å². The molecule has 0 aliphatic carbocycles. The zero-order chi connectivity index (χ0) is 25.4. The van der Waals surface area contributed by atoms with Gasteiger partial charge in [-0.15, -0.1) is 0 Å². The first-order valence-electron chi connectivity index (χ1n) is 11.2. The van der Waals surface area contributed by atoms with Gasteiger partial charge < -0.3 is 14.3 Å². The molecule has 3 heterocycles. The highest BCUT2D eigenvalue weighted by Gasteiger charge is 2.19. The third-order valence-electron chi connectivity index (χ3n) is 6.23. The van der Waals surface area contributed by atoms with Crippen LogP contribution in [0, 0.1) is 6.92 Å². The minimum Gasteiger partial charge on any atom is -0.497 e. The fourth-order valence-corrected chi connectivity index (χ4v) is 4.23. The van der Waals surface area contributed by atoms with Gasteiger partial charge >= 0.3 is 0 Å². The van der Waals surface area contributed by atoms with Gasteiger partial charge in [-0.3, -0.25) is 18.8 Å². The Balaban J connectivity index is 1.70. The summed E-state index contributed by atoms with van der Waals surface area (Å²) in [5, 5.41) is 12.0. The lowest BCUT2D eigenvalue weighted by molar-refractivity contribution is 0.399. The van der Waals surface area contributed by atoms with Crippen molar-refractivity contribution >= 4 is 22.7 Å². The van der Waals surface area contributed by atoms with Crippen molar-refractivity contribution in [2.45, 2.75) is 13.5 Å². The Morgan fingerprint density at radius 2 is 1.81 bits per heavy atom. The normalized spacial score (nSPS) is 11.5. The van der Waals surface area contributed by atoms with Gasteiger partial charge in [0.25, 0.3) is 11.1 Å². The molecular weight excluding hydrogens is 460 g/mol. The van der Waals surface area contributed by atoms with Crippen LogP contribution in [0.15, 0.2) is 85.9 Å². The molecule has 0 unspecified atom stereocenters. The number of methoxy groups -OCH3 is 1. The van der Waals surface area contributed by atoms with Crippen molar-refractivity contribution in [3.8, 4) is 17.3 Å². The molecule has 5 rings (SSSR count). The number of aromatic nitrogens is 3. The molecule has 9 nitrogen and oxygen atoms in total. The highest BCUT2D eigenvalue weighted by atomic mass is 16.5. The summed E-state index contributed by atoms with van der Waals surface area (Å²) in [4.78, 5) is 31.1.